The number of aryl methyl sites for hydroxylation is 2. The van der Waals surface area contributed by atoms with E-state index in [1.807, 2.05) is 32.9 Å². The molecule has 0 spiro atoms. The minimum Gasteiger partial charge on any atom is -0.378 e. The van der Waals surface area contributed by atoms with Gasteiger partial charge in [0.1, 0.15) is 6.54 Å². The highest BCUT2D eigenvalue weighted by Crippen LogP contribution is 2.23. The number of benzene rings is 2. The van der Waals surface area contributed by atoms with Gasteiger partial charge in [-0.1, -0.05) is 30.7 Å². The predicted molar refractivity (Wildman–Crippen MR) is 132 cm³/mol. The summed E-state index contributed by atoms with van der Waals surface area (Å²) in [6.07, 6.45) is 1.74. The van der Waals surface area contributed by atoms with Crippen LogP contribution in [0.3, 0.4) is 0 Å². The Balaban J connectivity index is 1.74. The summed E-state index contributed by atoms with van der Waals surface area (Å²) >= 11 is 0. The van der Waals surface area contributed by atoms with Gasteiger partial charge >= 0.3 is 0 Å². The Labute approximate surface area is 201 Å². The Morgan fingerprint density at radius 2 is 1.74 bits per heavy atom. The monoisotopic (exact) mass is 487 g/mol. The fraction of sp³-hybridized carbons (Fsp3) is 0.440. The van der Waals surface area contributed by atoms with Crippen LogP contribution in [-0.4, -0.2) is 64.2 Å². The number of morpholine rings is 1. The maximum atomic E-state index is 12.9. The molecule has 8 nitrogen and oxygen atoms in total. The first-order valence-corrected chi connectivity index (χ1v) is 13.3. The van der Waals surface area contributed by atoms with Crippen molar-refractivity contribution in [1.82, 2.24) is 10.2 Å². The molecular formula is C25H33N3O5S. The molecule has 2 amide bonds. The number of carbonyl (C=O) groups excluding carboxylic acids is 2. The van der Waals surface area contributed by atoms with Crippen molar-refractivity contribution in [3.63, 3.8) is 0 Å². The molecule has 0 aromatic heterocycles. The summed E-state index contributed by atoms with van der Waals surface area (Å²) in [5.74, 6) is -0.525. The molecule has 1 atom stereocenters. The molecule has 1 N–H and O–H groups in total. The number of amides is 2. The van der Waals surface area contributed by atoms with Crippen molar-refractivity contribution in [2.24, 2.45) is 0 Å². The van der Waals surface area contributed by atoms with Gasteiger partial charge in [-0.05, 0) is 55.7 Å². The first kappa shape index (κ1) is 25.7. The normalized spacial score (nSPS) is 15.0. The van der Waals surface area contributed by atoms with Gasteiger partial charge in [0.25, 0.3) is 5.91 Å². The summed E-state index contributed by atoms with van der Waals surface area (Å²) in [6.45, 7) is 7.69. The van der Waals surface area contributed by atoms with Gasteiger partial charge < -0.3 is 15.0 Å². The van der Waals surface area contributed by atoms with Crippen molar-refractivity contribution in [2.45, 2.75) is 33.2 Å². The predicted octanol–water partition coefficient (Wildman–Crippen LogP) is 2.81. The maximum absolute atomic E-state index is 12.9. The zero-order valence-corrected chi connectivity index (χ0v) is 21.0. The number of hydrogen-bond acceptors (Lipinski definition) is 5. The summed E-state index contributed by atoms with van der Waals surface area (Å²) in [5, 5.41) is 2.97. The standard InChI is InChI=1S/C25H33N3O5S/c1-5-23(22-11-6-18(2)16-19(22)3)26-24(29)17-28(34(4,31)32)21-9-7-20(8-10-21)25(30)27-12-14-33-15-13-27/h6-11,16,23H,5,12-15,17H2,1-4H3,(H,26,29). The molecule has 3 rings (SSSR count). The number of nitrogens with zero attached hydrogens (tertiary/aromatic N) is 2. The third-order valence-electron chi connectivity index (χ3n) is 5.93. The van der Waals surface area contributed by atoms with Crippen LogP contribution in [0.15, 0.2) is 42.5 Å². The van der Waals surface area contributed by atoms with Crippen LogP contribution in [0.25, 0.3) is 0 Å². The molecule has 0 saturated carbocycles. The summed E-state index contributed by atoms with van der Waals surface area (Å²) in [4.78, 5) is 27.3. The Hall–Kier alpha value is -2.91. The smallest absolute Gasteiger partial charge is 0.254 e. The molecule has 0 radical (unpaired) electrons. The van der Waals surface area contributed by atoms with Gasteiger partial charge in [0.05, 0.1) is 31.2 Å². The highest BCUT2D eigenvalue weighted by molar-refractivity contribution is 7.92. The first-order chi connectivity index (χ1) is 16.1. The molecule has 1 fully saturated rings. The second-order valence-electron chi connectivity index (χ2n) is 8.61. The van der Waals surface area contributed by atoms with Crippen molar-refractivity contribution < 1.29 is 22.7 Å². The van der Waals surface area contributed by atoms with Crippen molar-refractivity contribution >= 4 is 27.5 Å². The molecule has 2 aromatic rings. The second kappa shape index (κ2) is 11.0. The van der Waals surface area contributed by atoms with Crippen molar-refractivity contribution in [2.75, 3.05) is 43.4 Å². The highest BCUT2D eigenvalue weighted by Gasteiger charge is 2.24. The van der Waals surface area contributed by atoms with Crippen LogP contribution in [0.4, 0.5) is 5.69 Å². The number of carbonyl (C=O) groups is 2. The Kier molecular flexibility index (Phi) is 8.33. The van der Waals surface area contributed by atoms with Gasteiger partial charge in [0, 0.05) is 18.7 Å². The average Bonchev–Trinajstić information content (AvgIpc) is 2.81. The Morgan fingerprint density at radius 1 is 1.09 bits per heavy atom. The quantitative estimate of drug-likeness (QED) is 0.618. The largest absolute Gasteiger partial charge is 0.378 e. The van der Waals surface area contributed by atoms with Crippen LogP contribution in [0, 0.1) is 13.8 Å². The van der Waals surface area contributed by atoms with Gasteiger partial charge in [-0.3, -0.25) is 13.9 Å². The highest BCUT2D eigenvalue weighted by atomic mass is 32.2. The lowest BCUT2D eigenvalue weighted by atomic mass is 9.97. The van der Waals surface area contributed by atoms with Gasteiger partial charge in [-0.2, -0.15) is 0 Å². The molecule has 0 aliphatic carbocycles. The van der Waals surface area contributed by atoms with E-state index in [0.717, 1.165) is 27.3 Å². The second-order valence-corrected chi connectivity index (χ2v) is 10.5. The maximum Gasteiger partial charge on any atom is 0.254 e. The van der Waals surface area contributed by atoms with E-state index in [-0.39, 0.29) is 18.5 Å². The summed E-state index contributed by atoms with van der Waals surface area (Å²) in [7, 11) is -3.73. The van der Waals surface area contributed by atoms with Crippen molar-refractivity contribution in [3.05, 3.63) is 64.7 Å². The lowest BCUT2D eigenvalue weighted by Gasteiger charge is -2.27. The van der Waals surface area contributed by atoms with Gasteiger partial charge in [-0.25, -0.2) is 8.42 Å². The fourth-order valence-corrected chi connectivity index (χ4v) is 4.96. The van der Waals surface area contributed by atoms with Crippen LogP contribution < -0.4 is 9.62 Å². The minimum absolute atomic E-state index is 0.127. The molecule has 9 heteroatoms. The average molecular weight is 488 g/mol. The van der Waals surface area contributed by atoms with Gasteiger partial charge in [0.15, 0.2) is 0 Å². The van der Waals surface area contributed by atoms with E-state index >= 15 is 0 Å². The molecule has 0 bridgehead atoms. The van der Waals surface area contributed by atoms with E-state index in [9.17, 15) is 18.0 Å². The Bertz CT molecular complexity index is 1130. The van der Waals surface area contributed by atoms with E-state index in [2.05, 4.69) is 11.4 Å². The van der Waals surface area contributed by atoms with Crippen LogP contribution in [0.2, 0.25) is 0 Å². The number of hydrogen-bond donors (Lipinski definition) is 1. The zero-order valence-electron chi connectivity index (χ0n) is 20.2. The third-order valence-corrected chi connectivity index (χ3v) is 7.07. The van der Waals surface area contributed by atoms with Crippen molar-refractivity contribution in [1.29, 1.82) is 0 Å². The van der Waals surface area contributed by atoms with E-state index in [1.165, 1.54) is 0 Å². The number of anilines is 1. The molecule has 34 heavy (non-hydrogen) atoms. The lowest BCUT2D eigenvalue weighted by molar-refractivity contribution is -0.120. The van der Waals surface area contributed by atoms with Gasteiger partial charge in [-0.15, -0.1) is 0 Å². The number of ether oxygens (including phenoxy) is 1. The van der Waals surface area contributed by atoms with Crippen LogP contribution in [0.1, 0.15) is 46.4 Å². The summed E-state index contributed by atoms with van der Waals surface area (Å²) in [5.41, 5.74) is 4.02. The molecule has 1 aliphatic heterocycles. The molecule has 1 heterocycles. The molecule has 1 aliphatic rings. The van der Waals surface area contributed by atoms with E-state index in [0.29, 0.717) is 44.0 Å². The van der Waals surface area contributed by atoms with Crippen molar-refractivity contribution in [3.8, 4) is 0 Å². The molecule has 1 saturated heterocycles. The SMILES string of the molecule is CCC(NC(=O)CN(c1ccc(C(=O)N2CCOCC2)cc1)S(C)(=O)=O)c1ccc(C)cc1C. The van der Waals surface area contributed by atoms with E-state index < -0.39 is 15.9 Å². The molecular weight excluding hydrogens is 454 g/mol. The van der Waals surface area contributed by atoms with Crippen LogP contribution >= 0.6 is 0 Å². The number of sulfonamides is 1. The molecule has 1 unspecified atom stereocenters. The Morgan fingerprint density at radius 3 is 2.29 bits per heavy atom. The van der Waals surface area contributed by atoms with E-state index in [1.54, 1.807) is 29.2 Å². The zero-order chi connectivity index (χ0) is 24.9. The minimum atomic E-state index is -3.73. The first-order valence-electron chi connectivity index (χ1n) is 11.4. The van der Waals surface area contributed by atoms with E-state index in [4.69, 9.17) is 4.74 Å². The number of rotatable bonds is 8. The fourth-order valence-electron chi connectivity index (χ4n) is 4.11. The van der Waals surface area contributed by atoms with Gasteiger partial charge in [0.2, 0.25) is 15.9 Å². The van der Waals surface area contributed by atoms with Crippen LogP contribution in [0.5, 0.6) is 0 Å². The molecule has 2 aromatic carbocycles. The van der Waals surface area contributed by atoms with Crippen LogP contribution in [-0.2, 0) is 19.6 Å². The third kappa shape index (κ3) is 6.36. The summed E-state index contributed by atoms with van der Waals surface area (Å²) in [6, 6.07) is 12.1. The lowest BCUT2D eigenvalue weighted by Crippen LogP contribution is -2.42. The number of nitrogens with one attached hydrogen (secondary N) is 1. The topological polar surface area (TPSA) is 96.0 Å². The molecule has 184 valence electrons. The summed E-state index contributed by atoms with van der Waals surface area (Å²) < 4.78 is 31.4.